The predicted octanol–water partition coefficient (Wildman–Crippen LogP) is 4.30. The number of hydrogen-bond donors (Lipinski definition) is 1. The Morgan fingerprint density at radius 2 is 1.53 bits per heavy atom. The molecule has 0 saturated carbocycles. The SMILES string of the molecule is CCOc1ccc(-n2nc(C(=O)NCc3ccccc3OC)nc2-c2cc(OC)c(OC)c(OC)c2)cc1. The Bertz CT molecular complexity index is 1380. The molecule has 0 unspecified atom stereocenters. The van der Waals surface area contributed by atoms with Crippen LogP contribution in [0.1, 0.15) is 23.1 Å². The van der Waals surface area contributed by atoms with Crippen molar-refractivity contribution in [2.75, 3.05) is 35.0 Å². The van der Waals surface area contributed by atoms with E-state index in [0.717, 1.165) is 11.3 Å². The number of nitrogens with one attached hydrogen (secondary N) is 1. The van der Waals surface area contributed by atoms with Gasteiger partial charge in [0.25, 0.3) is 5.91 Å². The molecular weight excluding hydrogens is 488 g/mol. The number of carbonyl (C=O) groups is 1. The first-order valence-corrected chi connectivity index (χ1v) is 11.9. The molecule has 4 aromatic rings. The third-order valence-electron chi connectivity index (χ3n) is 5.76. The predicted molar refractivity (Wildman–Crippen MR) is 142 cm³/mol. The summed E-state index contributed by atoms with van der Waals surface area (Å²) in [5, 5.41) is 7.43. The number of benzene rings is 3. The van der Waals surface area contributed by atoms with E-state index >= 15 is 0 Å². The van der Waals surface area contributed by atoms with E-state index in [1.807, 2.05) is 55.5 Å². The molecule has 4 rings (SSSR count). The Labute approximate surface area is 221 Å². The van der Waals surface area contributed by atoms with Crippen LogP contribution in [0.2, 0.25) is 0 Å². The molecule has 1 N–H and O–H groups in total. The fourth-order valence-corrected chi connectivity index (χ4v) is 3.94. The maximum absolute atomic E-state index is 13.2. The highest BCUT2D eigenvalue weighted by atomic mass is 16.5. The molecule has 0 aliphatic rings. The Balaban J connectivity index is 1.75. The van der Waals surface area contributed by atoms with Crippen molar-refractivity contribution in [3.05, 3.63) is 72.1 Å². The fraction of sp³-hybridized carbons (Fsp3) is 0.250. The minimum atomic E-state index is -0.436. The van der Waals surface area contributed by atoms with Crippen LogP contribution in [0.25, 0.3) is 17.1 Å². The van der Waals surface area contributed by atoms with Gasteiger partial charge in [0.2, 0.25) is 11.6 Å². The molecule has 0 radical (unpaired) electrons. The van der Waals surface area contributed by atoms with Gasteiger partial charge in [-0.1, -0.05) is 18.2 Å². The van der Waals surface area contributed by atoms with Gasteiger partial charge in [0.1, 0.15) is 11.5 Å². The van der Waals surface area contributed by atoms with Crippen LogP contribution in [0.5, 0.6) is 28.7 Å². The van der Waals surface area contributed by atoms with Crippen LogP contribution in [0.4, 0.5) is 0 Å². The molecule has 0 bridgehead atoms. The van der Waals surface area contributed by atoms with Crippen molar-refractivity contribution in [3.63, 3.8) is 0 Å². The fourth-order valence-electron chi connectivity index (χ4n) is 3.94. The number of methoxy groups -OCH3 is 4. The van der Waals surface area contributed by atoms with Gasteiger partial charge in [0.15, 0.2) is 17.3 Å². The van der Waals surface area contributed by atoms with Gasteiger partial charge in [-0.15, -0.1) is 5.10 Å². The average Bonchev–Trinajstić information content (AvgIpc) is 3.41. The largest absolute Gasteiger partial charge is 0.496 e. The Kier molecular flexibility index (Phi) is 8.32. The summed E-state index contributed by atoms with van der Waals surface area (Å²) in [5.41, 5.74) is 2.14. The van der Waals surface area contributed by atoms with Gasteiger partial charge in [0, 0.05) is 17.7 Å². The van der Waals surface area contributed by atoms with Gasteiger partial charge in [0.05, 0.1) is 40.7 Å². The molecular formula is C28H30N4O6. The molecule has 0 fully saturated rings. The summed E-state index contributed by atoms with van der Waals surface area (Å²) in [7, 11) is 6.20. The summed E-state index contributed by atoms with van der Waals surface area (Å²) >= 11 is 0. The maximum atomic E-state index is 13.2. The van der Waals surface area contributed by atoms with Crippen LogP contribution in [0, 0.1) is 0 Å². The second kappa shape index (κ2) is 12.0. The highest BCUT2D eigenvalue weighted by Crippen LogP contribution is 2.41. The van der Waals surface area contributed by atoms with E-state index in [4.69, 9.17) is 23.7 Å². The Morgan fingerprint density at radius 3 is 2.13 bits per heavy atom. The summed E-state index contributed by atoms with van der Waals surface area (Å²) in [6.07, 6.45) is 0. The van der Waals surface area contributed by atoms with Gasteiger partial charge < -0.3 is 29.0 Å². The van der Waals surface area contributed by atoms with Crippen LogP contribution < -0.4 is 29.0 Å². The van der Waals surface area contributed by atoms with Crippen molar-refractivity contribution in [3.8, 4) is 45.8 Å². The molecule has 38 heavy (non-hydrogen) atoms. The van der Waals surface area contributed by atoms with E-state index < -0.39 is 5.91 Å². The molecule has 1 heterocycles. The number of aromatic nitrogens is 3. The van der Waals surface area contributed by atoms with E-state index in [-0.39, 0.29) is 12.4 Å². The van der Waals surface area contributed by atoms with Crippen LogP contribution in [-0.2, 0) is 6.54 Å². The summed E-state index contributed by atoms with van der Waals surface area (Å²) in [5.74, 6) is 2.72. The van der Waals surface area contributed by atoms with Crippen molar-refractivity contribution in [2.45, 2.75) is 13.5 Å². The zero-order valence-corrected chi connectivity index (χ0v) is 22.0. The molecule has 0 aliphatic carbocycles. The lowest BCUT2D eigenvalue weighted by atomic mass is 10.1. The second-order valence-corrected chi connectivity index (χ2v) is 8.01. The standard InChI is InChI=1S/C28H30N4O6/c1-6-38-21-13-11-20(12-14-21)32-27(19-15-23(35-3)25(37-5)24(16-19)36-4)30-26(31-32)28(33)29-17-18-9-7-8-10-22(18)34-2/h7-16H,6,17H2,1-5H3,(H,29,33). The maximum Gasteiger partial charge on any atom is 0.291 e. The summed E-state index contributed by atoms with van der Waals surface area (Å²) in [6, 6.07) is 18.3. The van der Waals surface area contributed by atoms with Crippen molar-refractivity contribution in [1.82, 2.24) is 20.1 Å². The number of amides is 1. The topological polar surface area (TPSA) is 106 Å². The zero-order valence-electron chi connectivity index (χ0n) is 22.0. The molecule has 0 saturated heterocycles. The number of hydrogen-bond acceptors (Lipinski definition) is 8. The van der Waals surface area contributed by atoms with Gasteiger partial charge in [-0.2, -0.15) is 0 Å². The molecule has 10 heteroatoms. The molecule has 198 valence electrons. The van der Waals surface area contributed by atoms with Gasteiger partial charge in [-0.25, -0.2) is 9.67 Å². The summed E-state index contributed by atoms with van der Waals surface area (Å²) in [6.45, 7) is 2.72. The first-order chi connectivity index (χ1) is 18.5. The third-order valence-corrected chi connectivity index (χ3v) is 5.76. The van der Waals surface area contributed by atoms with E-state index in [1.54, 1.807) is 23.9 Å². The van der Waals surface area contributed by atoms with Crippen molar-refractivity contribution in [2.24, 2.45) is 0 Å². The first kappa shape index (κ1) is 26.3. The van der Waals surface area contributed by atoms with Crippen molar-refractivity contribution in [1.29, 1.82) is 0 Å². The lowest BCUT2D eigenvalue weighted by Gasteiger charge is -2.14. The van der Waals surface area contributed by atoms with Crippen LogP contribution in [-0.4, -0.2) is 55.7 Å². The van der Waals surface area contributed by atoms with Crippen molar-refractivity contribution < 1.29 is 28.5 Å². The highest BCUT2D eigenvalue weighted by molar-refractivity contribution is 5.91. The monoisotopic (exact) mass is 518 g/mol. The summed E-state index contributed by atoms with van der Waals surface area (Å²) < 4.78 is 29.0. The minimum Gasteiger partial charge on any atom is -0.496 e. The first-order valence-electron chi connectivity index (χ1n) is 11.9. The van der Waals surface area contributed by atoms with Crippen LogP contribution >= 0.6 is 0 Å². The van der Waals surface area contributed by atoms with Gasteiger partial charge >= 0.3 is 0 Å². The minimum absolute atomic E-state index is 0.00228. The molecule has 1 aromatic heterocycles. The molecule has 0 atom stereocenters. The Morgan fingerprint density at radius 1 is 0.868 bits per heavy atom. The molecule has 0 spiro atoms. The van der Waals surface area contributed by atoms with E-state index in [2.05, 4.69) is 15.4 Å². The van der Waals surface area contributed by atoms with Gasteiger partial charge in [-0.3, -0.25) is 4.79 Å². The van der Waals surface area contributed by atoms with Gasteiger partial charge in [-0.05, 0) is 49.4 Å². The quantitative estimate of drug-likeness (QED) is 0.313. The van der Waals surface area contributed by atoms with E-state index in [1.165, 1.54) is 21.3 Å². The zero-order chi connectivity index (χ0) is 27.1. The molecule has 3 aromatic carbocycles. The average molecular weight is 519 g/mol. The van der Waals surface area contributed by atoms with E-state index in [9.17, 15) is 4.79 Å². The second-order valence-electron chi connectivity index (χ2n) is 8.01. The third kappa shape index (κ3) is 5.49. The van der Waals surface area contributed by atoms with Crippen molar-refractivity contribution >= 4 is 5.91 Å². The number of para-hydroxylation sites is 1. The van der Waals surface area contributed by atoms with Crippen LogP contribution in [0.15, 0.2) is 60.7 Å². The lowest BCUT2D eigenvalue weighted by molar-refractivity contribution is 0.0940. The number of ether oxygens (including phenoxy) is 5. The molecule has 0 aliphatic heterocycles. The van der Waals surface area contributed by atoms with E-state index in [0.29, 0.717) is 46.7 Å². The molecule has 1 amide bonds. The smallest absolute Gasteiger partial charge is 0.291 e. The van der Waals surface area contributed by atoms with Crippen LogP contribution in [0.3, 0.4) is 0 Å². The lowest BCUT2D eigenvalue weighted by Crippen LogP contribution is -2.24. The summed E-state index contributed by atoms with van der Waals surface area (Å²) in [4.78, 5) is 17.8. The highest BCUT2D eigenvalue weighted by Gasteiger charge is 2.22. The number of rotatable bonds is 11. The normalized spacial score (nSPS) is 10.6. The molecule has 10 nitrogen and oxygen atoms in total. The number of carbonyl (C=O) groups excluding carboxylic acids is 1. The number of nitrogens with zero attached hydrogens (tertiary/aromatic N) is 3. The Hall–Kier alpha value is -4.73.